The van der Waals surface area contributed by atoms with Crippen LogP contribution in [-0.4, -0.2) is 16.0 Å². The number of anilines is 2. The quantitative estimate of drug-likeness (QED) is 0.584. The van der Waals surface area contributed by atoms with Gasteiger partial charge in [0, 0.05) is 18.5 Å². The van der Waals surface area contributed by atoms with Crippen LogP contribution in [0.4, 0.5) is 11.6 Å². The van der Waals surface area contributed by atoms with Crippen LogP contribution in [0.1, 0.15) is 23.9 Å². The summed E-state index contributed by atoms with van der Waals surface area (Å²) in [6.07, 6.45) is 2.86. The van der Waals surface area contributed by atoms with Gasteiger partial charge in [-0.25, -0.2) is 15.8 Å². The highest BCUT2D eigenvalue weighted by Crippen LogP contribution is 2.24. The SMILES string of the molecule is CCc1nc(NN)cc(NC2Cc3ccccc3C2)n1. The van der Waals surface area contributed by atoms with Crippen molar-refractivity contribution < 1.29 is 0 Å². The summed E-state index contributed by atoms with van der Waals surface area (Å²) in [4.78, 5) is 8.81. The molecular weight excluding hydrogens is 250 g/mol. The number of nitrogens with one attached hydrogen (secondary N) is 2. The first-order valence-electron chi connectivity index (χ1n) is 6.96. The van der Waals surface area contributed by atoms with E-state index in [1.165, 1.54) is 11.1 Å². The number of nitrogens with two attached hydrogens (primary N) is 1. The molecule has 0 saturated heterocycles. The fourth-order valence-electron chi connectivity index (χ4n) is 2.67. The van der Waals surface area contributed by atoms with Crippen molar-refractivity contribution in [2.24, 2.45) is 5.84 Å². The molecule has 1 aromatic heterocycles. The van der Waals surface area contributed by atoms with Crippen molar-refractivity contribution in [3.63, 3.8) is 0 Å². The largest absolute Gasteiger partial charge is 0.366 e. The molecule has 0 saturated carbocycles. The standard InChI is InChI=1S/C15H19N5/c1-2-13-18-14(9-15(19-13)20-16)17-12-7-10-5-3-4-6-11(10)8-12/h3-6,9,12H,2,7-8,16H2,1H3,(H2,17,18,19,20). The van der Waals surface area contributed by atoms with Gasteiger partial charge in [-0.2, -0.15) is 0 Å². The molecule has 1 aliphatic carbocycles. The Morgan fingerprint density at radius 2 is 1.80 bits per heavy atom. The molecule has 0 spiro atoms. The lowest BCUT2D eigenvalue weighted by atomic mass is 10.1. The summed E-state index contributed by atoms with van der Waals surface area (Å²) in [7, 11) is 0. The number of hydrogen-bond acceptors (Lipinski definition) is 5. The van der Waals surface area contributed by atoms with E-state index in [1.807, 2.05) is 13.0 Å². The summed E-state index contributed by atoms with van der Waals surface area (Å²) < 4.78 is 0. The predicted octanol–water partition coefficient (Wildman–Crippen LogP) is 1.90. The Balaban J connectivity index is 1.76. The number of nitrogen functional groups attached to an aromatic ring is 1. The van der Waals surface area contributed by atoms with E-state index in [-0.39, 0.29) is 0 Å². The maximum absolute atomic E-state index is 5.45. The molecule has 5 nitrogen and oxygen atoms in total. The normalized spacial score (nSPS) is 14.1. The Kier molecular flexibility index (Phi) is 3.52. The molecule has 1 aromatic carbocycles. The summed E-state index contributed by atoms with van der Waals surface area (Å²) in [5.41, 5.74) is 5.44. The van der Waals surface area contributed by atoms with Crippen molar-refractivity contribution in [2.75, 3.05) is 10.7 Å². The highest BCUT2D eigenvalue weighted by atomic mass is 15.3. The number of hydrogen-bond donors (Lipinski definition) is 3. The molecule has 2 aromatic rings. The van der Waals surface area contributed by atoms with Gasteiger partial charge in [0.05, 0.1) is 0 Å². The van der Waals surface area contributed by atoms with Crippen LogP contribution in [0, 0.1) is 0 Å². The lowest BCUT2D eigenvalue weighted by Gasteiger charge is -2.14. The zero-order chi connectivity index (χ0) is 13.9. The third kappa shape index (κ3) is 2.58. The fourth-order valence-corrected chi connectivity index (χ4v) is 2.67. The number of hydrazine groups is 1. The number of rotatable bonds is 4. The molecule has 0 fully saturated rings. The molecule has 4 N–H and O–H groups in total. The Labute approximate surface area is 118 Å². The Morgan fingerprint density at radius 1 is 1.15 bits per heavy atom. The van der Waals surface area contributed by atoms with E-state index < -0.39 is 0 Å². The van der Waals surface area contributed by atoms with Gasteiger partial charge in [0.1, 0.15) is 17.5 Å². The van der Waals surface area contributed by atoms with E-state index in [1.54, 1.807) is 0 Å². The van der Waals surface area contributed by atoms with Crippen LogP contribution in [0.25, 0.3) is 0 Å². The average Bonchev–Trinajstić information content (AvgIpc) is 2.88. The predicted molar refractivity (Wildman–Crippen MR) is 80.5 cm³/mol. The van der Waals surface area contributed by atoms with Gasteiger partial charge in [-0.05, 0) is 24.0 Å². The van der Waals surface area contributed by atoms with Gasteiger partial charge in [0.2, 0.25) is 0 Å². The zero-order valence-corrected chi connectivity index (χ0v) is 11.6. The first-order chi connectivity index (χ1) is 9.78. The van der Waals surface area contributed by atoms with E-state index >= 15 is 0 Å². The lowest BCUT2D eigenvalue weighted by molar-refractivity contribution is 0.764. The molecule has 0 amide bonds. The fraction of sp³-hybridized carbons (Fsp3) is 0.333. The van der Waals surface area contributed by atoms with Gasteiger partial charge in [0.25, 0.3) is 0 Å². The highest BCUT2D eigenvalue weighted by Gasteiger charge is 2.21. The average molecular weight is 269 g/mol. The van der Waals surface area contributed by atoms with Crippen molar-refractivity contribution >= 4 is 11.6 Å². The maximum atomic E-state index is 5.45. The second-order valence-corrected chi connectivity index (χ2v) is 5.07. The molecule has 0 aliphatic heterocycles. The lowest BCUT2D eigenvalue weighted by Crippen LogP contribution is -2.21. The first-order valence-corrected chi connectivity index (χ1v) is 6.96. The van der Waals surface area contributed by atoms with E-state index in [2.05, 4.69) is 45.0 Å². The van der Waals surface area contributed by atoms with Crippen molar-refractivity contribution in [1.29, 1.82) is 0 Å². The summed E-state index contributed by atoms with van der Waals surface area (Å²) in [6.45, 7) is 2.03. The molecule has 104 valence electrons. The van der Waals surface area contributed by atoms with Gasteiger partial charge < -0.3 is 10.7 Å². The zero-order valence-electron chi connectivity index (χ0n) is 11.6. The van der Waals surface area contributed by atoms with E-state index in [0.717, 1.165) is 30.9 Å². The summed E-state index contributed by atoms with van der Waals surface area (Å²) in [5, 5.41) is 3.49. The molecular formula is C15H19N5. The van der Waals surface area contributed by atoms with Gasteiger partial charge in [-0.15, -0.1) is 0 Å². The molecule has 20 heavy (non-hydrogen) atoms. The summed E-state index contributed by atoms with van der Waals surface area (Å²) >= 11 is 0. The van der Waals surface area contributed by atoms with Gasteiger partial charge in [-0.3, -0.25) is 0 Å². The molecule has 0 unspecified atom stereocenters. The Hall–Kier alpha value is -2.14. The number of fused-ring (bicyclic) bond motifs is 1. The van der Waals surface area contributed by atoms with Crippen LogP contribution in [0.5, 0.6) is 0 Å². The highest BCUT2D eigenvalue weighted by molar-refractivity contribution is 5.49. The van der Waals surface area contributed by atoms with Crippen molar-refractivity contribution in [3.8, 4) is 0 Å². The second kappa shape index (κ2) is 5.46. The third-order valence-electron chi connectivity index (χ3n) is 3.64. The van der Waals surface area contributed by atoms with Crippen molar-refractivity contribution in [2.45, 2.75) is 32.2 Å². The minimum absolute atomic E-state index is 0.387. The van der Waals surface area contributed by atoms with Gasteiger partial charge >= 0.3 is 0 Å². The van der Waals surface area contributed by atoms with Crippen LogP contribution in [-0.2, 0) is 19.3 Å². The second-order valence-electron chi connectivity index (χ2n) is 5.07. The number of nitrogens with zero attached hydrogens (tertiary/aromatic N) is 2. The number of benzene rings is 1. The van der Waals surface area contributed by atoms with Crippen LogP contribution in [0.2, 0.25) is 0 Å². The Morgan fingerprint density at radius 3 is 2.40 bits per heavy atom. The molecule has 1 heterocycles. The molecule has 0 radical (unpaired) electrons. The van der Waals surface area contributed by atoms with Crippen LogP contribution in [0.15, 0.2) is 30.3 Å². The van der Waals surface area contributed by atoms with E-state index in [4.69, 9.17) is 5.84 Å². The van der Waals surface area contributed by atoms with Crippen LogP contribution >= 0.6 is 0 Å². The van der Waals surface area contributed by atoms with Gasteiger partial charge in [0.15, 0.2) is 0 Å². The topological polar surface area (TPSA) is 75.9 Å². The monoisotopic (exact) mass is 269 g/mol. The maximum Gasteiger partial charge on any atom is 0.145 e. The summed E-state index contributed by atoms with van der Waals surface area (Å²) in [5.74, 6) is 7.73. The van der Waals surface area contributed by atoms with Crippen molar-refractivity contribution in [3.05, 3.63) is 47.3 Å². The smallest absolute Gasteiger partial charge is 0.145 e. The van der Waals surface area contributed by atoms with Crippen LogP contribution in [0.3, 0.4) is 0 Å². The van der Waals surface area contributed by atoms with Crippen LogP contribution < -0.4 is 16.6 Å². The molecule has 0 atom stereocenters. The van der Waals surface area contributed by atoms with E-state index in [0.29, 0.717) is 11.9 Å². The number of aryl methyl sites for hydroxylation is 1. The van der Waals surface area contributed by atoms with E-state index in [9.17, 15) is 0 Å². The first kappa shape index (κ1) is 12.9. The van der Waals surface area contributed by atoms with Gasteiger partial charge in [-0.1, -0.05) is 31.2 Å². The number of aromatic nitrogens is 2. The summed E-state index contributed by atoms with van der Waals surface area (Å²) in [6, 6.07) is 10.8. The minimum atomic E-state index is 0.387. The minimum Gasteiger partial charge on any atom is -0.366 e. The molecule has 3 rings (SSSR count). The Bertz CT molecular complexity index is 564. The molecule has 1 aliphatic rings. The third-order valence-corrected chi connectivity index (χ3v) is 3.64. The van der Waals surface area contributed by atoms with Crippen molar-refractivity contribution in [1.82, 2.24) is 9.97 Å². The molecule has 5 heteroatoms. The molecule has 0 bridgehead atoms.